The van der Waals surface area contributed by atoms with Crippen LogP contribution in [0.3, 0.4) is 0 Å². The lowest BCUT2D eigenvalue weighted by Crippen LogP contribution is -2.43. The molecule has 0 saturated heterocycles. The predicted molar refractivity (Wildman–Crippen MR) is 161 cm³/mol. The van der Waals surface area contributed by atoms with E-state index < -0.39 is 0 Å². The van der Waals surface area contributed by atoms with Crippen molar-refractivity contribution in [2.45, 2.75) is 53.4 Å². The third-order valence-corrected chi connectivity index (χ3v) is 7.93. The van der Waals surface area contributed by atoms with Gasteiger partial charge in [-0.3, -0.25) is 9.59 Å². The van der Waals surface area contributed by atoms with Gasteiger partial charge in [-0.05, 0) is 97.5 Å². The Balaban J connectivity index is 1.31. The molecule has 1 aliphatic rings. The van der Waals surface area contributed by atoms with E-state index >= 15 is 0 Å². The minimum Gasteiger partial charge on any atom is -0.355 e. The first-order chi connectivity index (χ1) is 18.7. The third-order valence-electron chi connectivity index (χ3n) is 7.93. The fourth-order valence-electron chi connectivity index (χ4n) is 6.65. The van der Waals surface area contributed by atoms with E-state index in [1.165, 1.54) is 6.42 Å². The van der Waals surface area contributed by atoms with E-state index in [9.17, 15) is 9.59 Å². The number of hydrogen-bond donors (Lipinski definition) is 3. The number of rotatable bonds is 7. The summed E-state index contributed by atoms with van der Waals surface area (Å²) in [5, 5.41) is 7.28. The largest absolute Gasteiger partial charge is 0.355 e. The Morgan fingerprint density at radius 1 is 0.872 bits per heavy atom. The van der Waals surface area contributed by atoms with Gasteiger partial charge >= 0.3 is 0 Å². The molecule has 1 aliphatic carbocycles. The molecule has 39 heavy (non-hydrogen) atoms. The lowest BCUT2D eigenvalue weighted by Gasteiger charge is -2.42. The van der Waals surface area contributed by atoms with Crippen LogP contribution in [-0.2, 0) is 4.79 Å². The molecule has 2 amide bonds. The highest BCUT2D eigenvalue weighted by atomic mass is 16.2. The summed E-state index contributed by atoms with van der Waals surface area (Å²) in [6.45, 7) is 9.01. The van der Waals surface area contributed by atoms with Gasteiger partial charge in [0.2, 0.25) is 5.91 Å². The normalized spacial score (nSPS) is 21.2. The van der Waals surface area contributed by atoms with Crippen LogP contribution in [0, 0.1) is 23.2 Å². The quantitative estimate of drug-likeness (QED) is 0.228. The van der Waals surface area contributed by atoms with Crippen molar-refractivity contribution in [1.82, 2.24) is 4.98 Å². The van der Waals surface area contributed by atoms with Crippen LogP contribution in [0.1, 0.15) is 63.7 Å². The van der Waals surface area contributed by atoms with Crippen molar-refractivity contribution in [3.8, 4) is 11.3 Å². The molecule has 3 N–H and O–H groups in total. The second-order valence-corrected chi connectivity index (χ2v) is 12.1. The molecule has 0 bridgehead atoms. The van der Waals surface area contributed by atoms with Gasteiger partial charge in [0.05, 0.1) is 5.41 Å². The third kappa shape index (κ3) is 6.08. The highest BCUT2D eigenvalue weighted by molar-refractivity contribution is 6.04. The first-order valence-corrected chi connectivity index (χ1v) is 14.1. The van der Waals surface area contributed by atoms with Crippen LogP contribution >= 0.6 is 0 Å². The number of H-pyrrole nitrogens is 1. The molecule has 1 heterocycles. The monoisotopic (exact) mass is 521 g/mol. The molecule has 0 aliphatic heterocycles. The molecule has 3 aromatic carbocycles. The van der Waals surface area contributed by atoms with Crippen LogP contribution in [0.15, 0.2) is 78.9 Å². The smallest absolute Gasteiger partial charge is 0.255 e. The molecule has 1 saturated carbocycles. The summed E-state index contributed by atoms with van der Waals surface area (Å²) in [5.74, 6) is 1.63. The number of hydrogen-bond acceptors (Lipinski definition) is 2. The standard InChI is InChI=1S/C34H39N3O2/c1-22(2)19-34(20-23(3)16-24(4)21-34)33(39)36-29-14-15-30-27(17-29)18-31(37-30)25-10-12-28(13-11-25)35-32(38)26-8-6-5-7-9-26/h5-15,17-18,22-24,37H,16,19-21H2,1-4H3,(H,35,38)(H,36,39). The molecule has 5 heteroatoms. The summed E-state index contributed by atoms with van der Waals surface area (Å²) >= 11 is 0. The fourth-order valence-corrected chi connectivity index (χ4v) is 6.65. The van der Waals surface area contributed by atoms with Crippen molar-refractivity contribution in [3.63, 3.8) is 0 Å². The number of nitrogens with one attached hydrogen (secondary N) is 3. The molecule has 0 radical (unpaired) electrons. The van der Waals surface area contributed by atoms with Crippen molar-refractivity contribution in [2.24, 2.45) is 23.2 Å². The number of amides is 2. The molecule has 5 rings (SSSR count). The van der Waals surface area contributed by atoms with Gasteiger partial charge < -0.3 is 15.6 Å². The zero-order valence-electron chi connectivity index (χ0n) is 23.4. The minimum atomic E-state index is -0.304. The number of carbonyl (C=O) groups is 2. The minimum absolute atomic E-state index is 0.129. The van der Waals surface area contributed by atoms with Crippen LogP contribution in [-0.4, -0.2) is 16.8 Å². The number of aromatic nitrogens is 1. The number of carbonyl (C=O) groups excluding carboxylic acids is 2. The summed E-state index contributed by atoms with van der Waals surface area (Å²) in [5.41, 5.74) is 4.93. The molecule has 2 unspecified atom stereocenters. The maximum atomic E-state index is 13.7. The van der Waals surface area contributed by atoms with Gasteiger partial charge in [0.25, 0.3) is 5.91 Å². The van der Waals surface area contributed by atoms with E-state index in [4.69, 9.17) is 0 Å². The second kappa shape index (κ2) is 11.1. The highest BCUT2D eigenvalue weighted by Crippen LogP contribution is 2.47. The van der Waals surface area contributed by atoms with Crippen LogP contribution < -0.4 is 10.6 Å². The van der Waals surface area contributed by atoms with Crippen LogP contribution in [0.2, 0.25) is 0 Å². The SMILES string of the molecule is CC(C)CC1(C(=O)Nc2ccc3[nH]c(-c4ccc(NC(=O)c5ccccc5)cc4)cc3c2)CC(C)CC(C)C1. The fraction of sp³-hybridized carbons (Fsp3) is 0.353. The Labute approximate surface area is 231 Å². The Bertz CT molecular complexity index is 1440. The first kappa shape index (κ1) is 26.7. The lowest BCUT2D eigenvalue weighted by molar-refractivity contribution is -0.130. The van der Waals surface area contributed by atoms with Crippen molar-refractivity contribution in [3.05, 3.63) is 84.4 Å². The van der Waals surface area contributed by atoms with E-state index in [1.54, 1.807) is 12.1 Å². The lowest BCUT2D eigenvalue weighted by atomic mass is 9.62. The van der Waals surface area contributed by atoms with Gasteiger partial charge in [-0.25, -0.2) is 0 Å². The average molecular weight is 522 g/mol. The van der Waals surface area contributed by atoms with Crippen molar-refractivity contribution < 1.29 is 9.59 Å². The molecule has 5 nitrogen and oxygen atoms in total. The van der Waals surface area contributed by atoms with E-state index in [0.717, 1.165) is 52.8 Å². The maximum Gasteiger partial charge on any atom is 0.255 e. The van der Waals surface area contributed by atoms with Gasteiger partial charge in [-0.1, -0.05) is 58.0 Å². The summed E-state index contributed by atoms with van der Waals surface area (Å²) in [6, 6.07) is 25.2. The van der Waals surface area contributed by atoms with Crippen molar-refractivity contribution in [1.29, 1.82) is 0 Å². The molecule has 1 fully saturated rings. The Morgan fingerprint density at radius 2 is 1.54 bits per heavy atom. The van der Waals surface area contributed by atoms with Gasteiger partial charge in [-0.2, -0.15) is 0 Å². The first-order valence-electron chi connectivity index (χ1n) is 14.1. The Hall–Kier alpha value is -3.86. The van der Waals surface area contributed by atoms with Gasteiger partial charge in [-0.15, -0.1) is 0 Å². The average Bonchev–Trinajstić information content (AvgIpc) is 3.32. The van der Waals surface area contributed by atoms with E-state index in [1.807, 2.05) is 54.6 Å². The highest BCUT2D eigenvalue weighted by Gasteiger charge is 2.44. The molecule has 2 atom stereocenters. The molecular formula is C34H39N3O2. The summed E-state index contributed by atoms with van der Waals surface area (Å²) < 4.78 is 0. The van der Waals surface area contributed by atoms with Crippen LogP contribution in [0.4, 0.5) is 11.4 Å². The second-order valence-electron chi connectivity index (χ2n) is 12.1. The van der Waals surface area contributed by atoms with E-state index in [-0.39, 0.29) is 17.2 Å². The van der Waals surface area contributed by atoms with Crippen molar-refractivity contribution in [2.75, 3.05) is 10.6 Å². The van der Waals surface area contributed by atoms with Crippen LogP contribution in [0.25, 0.3) is 22.2 Å². The summed E-state index contributed by atoms with van der Waals surface area (Å²) in [7, 11) is 0. The Morgan fingerprint density at radius 3 is 2.21 bits per heavy atom. The van der Waals surface area contributed by atoms with E-state index in [2.05, 4.69) is 55.4 Å². The topological polar surface area (TPSA) is 74.0 Å². The number of benzene rings is 3. The summed E-state index contributed by atoms with van der Waals surface area (Å²) in [4.78, 5) is 29.7. The van der Waals surface area contributed by atoms with Crippen LogP contribution in [0.5, 0.6) is 0 Å². The van der Waals surface area contributed by atoms with Gasteiger partial charge in [0.15, 0.2) is 0 Å². The molecule has 1 aromatic heterocycles. The molecular weight excluding hydrogens is 482 g/mol. The van der Waals surface area contributed by atoms with Crippen molar-refractivity contribution >= 4 is 34.1 Å². The molecule has 202 valence electrons. The zero-order chi connectivity index (χ0) is 27.6. The molecule has 0 spiro atoms. The number of aromatic amines is 1. The zero-order valence-corrected chi connectivity index (χ0v) is 23.4. The van der Waals surface area contributed by atoms with E-state index in [0.29, 0.717) is 23.3 Å². The summed E-state index contributed by atoms with van der Waals surface area (Å²) in [6.07, 6.45) is 4.04. The Kier molecular flexibility index (Phi) is 7.60. The number of anilines is 2. The molecule has 4 aromatic rings. The van der Waals surface area contributed by atoms with Gasteiger partial charge in [0, 0.05) is 33.5 Å². The maximum absolute atomic E-state index is 13.7. The number of fused-ring (bicyclic) bond motifs is 1. The van der Waals surface area contributed by atoms with Gasteiger partial charge in [0.1, 0.15) is 0 Å². The predicted octanol–water partition coefficient (Wildman–Crippen LogP) is 8.51.